The summed E-state index contributed by atoms with van der Waals surface area (Å²) in [6.07, 6.45) is 0.884. The lowest BCUT2D eigenvalue weighted by Crippen LogP contribution is -2.53. The minimum atomic E-state index is -3.96. The molecule has 0 unspecified atom stereocenters. The number of unbranched alkanes of at least 4 members (excludes halogenated alkanes) is 1. The second-order valence-corrected chi connectivity index (χ2v) is 10.4. The first-order chi connectivity index (χ1) is 14.1. The molecule has 0 spiro atoms. The van der Waals surface area contributed by atoms with E-state index in [0.717, 1.165) is 0 Å². The van der Waals surface area contributed by atoms with Gasteiger partial charge in [0.2, 0.25) is 5.91 Å². The van der Waals surface area contributed by atoms with Crippen molar-refractivity contribution in [3.05, 3.63) is 0 Å². The number of hydrogen-bond donors (Lipinski definition) is 3. The standard InChI is InChI=1S/C20H37NO9S/c1-15(2)13-17(23)29-11-7-6-9-20(26,18(24)25)19(4,5)14-30-31(27,28)12-8-10-21-16(3)22/h15,26H,6-14H2,1-5H3,(H,21,22)(H,24,25)/t20-/m0/s1. The van der Waals surface area contributed by atoms with E-state index in [-0.39, 0.29) is 56.0 Å². The van der Waals surface area contributed by atoms with E-state index in [2.05, 4.69) is 5.32 Å². The summed E-state index contributed by atoms with van der Waals surface area (Å²) in [4.78, 5) is 34.1. The van der Waals surface area contributed by atoms with Crippen molar-refractivity contribution in [3.63, 3.8) is 0 Å². The molecule has 0 aliphatic heterocycles. The number of carboxylic acids is 1. The summed E-state index contributed by atoms with van der Waals surface area (Å²) in [5, 5.41) is 22.8. The summed E-state index contributed by atoms with van der Waals surface area (Å²) in [6, 6.07) is 0. The molecule has 0 aliphatic rings. The Labute approximate surface area is 184 Å². The SMILES string of the molecule is CC(=O)NCCCS(=O)(=O)OCC(C)(C)[C@](O)(CCCCOC(=O)CC(C)C)C(=O)O. The Kier molecular flexibility index (Phi) is 12.3. The monoisotopic (exact) mass is 467 g/mol. The fourth-order valence-corrected chi connectivity index (χ4v) is 3.81. The highest BCUT2D eigenvalue weighted by molar-refractivity contribution is 7.86. The highest BCUT2D eigenvalue weighted by Crippen LogP contribution is 2.36. The first-order valence-corrected chi connectivity index (χ1v) is 11.9. The third-order valence-corrected chi connectivity index (χ3v) is 6.05. The Balaban J connectivity index is 4.72. The fourth-order valence-electron chi connectivity index (χ4n) is 2.72. The van der Waals surface area contributed by atoms with Gasteiger partial charge in [-0.3, -0.25) is 13.8 Å². The number of esters is 1. The number of nitrogens with one attached hydrogen (secondary N) is 1. The Bertz CT molecular complexity index is 703. The van der Waals surface area contributed by atoms with Crippen molar-refractivity contribution in [3.8, 4) is 0 Å². The van der Waals surface area contributed by atoms with Gasteiger partial charge in [-0.1, -0.05) is 27.7 Å². The van der Waals surface area contributed by atoms with Crippen LogP contribution in [0.4, 0.5) is 0 Å². The van der Waals surface area contributed by atoms with Gasteiger partial charge in [-0.15, -0.1) is 0 Å². The summed E-state index contributed by atoms with van der Waals surface area (Å²) in [7, 11) is -3.96. The molecule has 0 heterocycles. The normalized spacial score (nSPS) is 14.2. The van der Waals surface area contributed by atoms with E-state index in [9.17, 15) is 33.0 Å². The van der Waals surface area contributed by atoms with Gasteiger partial charge in [0.15, 0.2) is 5.60 Å². The average molecular weight is 468 g/mol. The topological polar surface area (TPSA) is 156 Å². The van der Waals surface area contributed by atoms with Crippen molar-refractivity contribution in [2.24, 2.45) is 11.3 Å². The zero-order chi connectivity index (χ0) is 24.3. The van der Waals surface area contributed by atoms with Crippen LogP contribution in [0, 0.1) is 11.3 Å². The molecule has 1 amide bonds. The molecule has 11 heteroatoms. The molecule has 0 rings (SSSR count). The lowest BCUT2D eigenvalue weighted by Gasteiger charge is -2.39. The van der Waals surface area contributed by atoms with Crippen molar-refractivity contribution in [2.45, 2.75) is 72.3 Å². The number of carbonyl (C=O) groups excluding carboxylic acids is 2. The van der Waals surface area contributed by atoms with Gasteiger partial charge in [0, 0.05) is 25.3 Å². The largest absolute Gasteiger partial charge is 0.479 e. The summed E-state index contributed by atoms with van der Waals surface area (Å²) in [5.41, 5.74) is -3.65. The molecule has 0 aromatic heterocycles. The Morgan fingerprint density at radius 1 is 1.10 bits per heavy atom. The van der Waals surface area contributed by atoms with Crippen LogP contribution in [-0.2, 0) is 33.4 Å². The third kappa shape index (κ3) is 11.5. The van der Waals surface area contributed by atoms with E-state index in [1.165, 1.54) is 20.8 Å². The Morgan fingerprint density at radius 2 is 1.71 bits per heavy atom. The van der Waals surface area contributed by atoms with E-state index >= 15 is 0 Å². The summed E-state index contributed by atoms with van der Waals surface area (Å²) >= 11 is 0. The molecule has 0 saturated carbocycles. The number of aliphatic hydroxyl groups is 1. The van der Waals surface area contributed by atoms with E-state index in [1.54, 1.807) is 0 Å². The Hall–Kier alpha value is -1.72. The maximum absolute atomic E-state index is 12.0. The zero-order valence-electron chi connectivity index (χ0n) is 19.1. The molecular weight excluding hydrogens is 430 g/mol. The lowest BCUT2D eigenvalue weighted by atomic mass is 9.72. The number of aliphatic carboxylic acids is 1. The lowest BCUT2D eigenvalue weighted by molar-refractivity contribution is -0.177. The zero-order valence-corrected chi connectivity index (χ0v) is 19.9. The summed E-state index contributed by atoms with van der Waals surface area (Å²) < 4.78 is 34.1. The van der Waals surface area contributed by atoms with Gasteiger partial charge in [-0.25, -0.2) is 4.79 Å². The predicted molar refractivity (Wildman–Crippen MR) is 114 cm³/mol. The molecule has 10 nitrogen and oxygen atoms in total. The van der Waals surface area contributed by atoms with Gasteiger partial charge in [0.05, 0.1) is 19.0 Å². The Morgan fingerprint density at radius 3 is 2.23 bits per heavy atom. The first kappa shape index (κ1) is 29.3. The highest BCUT2D eigenvalue weighted by Gasteiger charge is 2.50. The maximum atomic E-state index is 12.0. The van der Waals surface area contributed by atoms with Gasteiger partial charge in [-0.2, -0.15) is 8.42 Å². The molecule has 0 aromatic carbocycles. The third-order valence-electron chi connectivity index (χ3n) is 4.79. The molecule has 31 heavy (non-hydrogen) atoms. The van der Waals surface area contributed by atoms with Crippen LogP contribution in [0.1, 0.15) is 66.7 Å². The molecule has 0 saturated heterocycles. The molecule has 182 valence electrons. The highest BCUT2D eigenvalue weighted by atomic mass is 32.2. The van der Waals surface area contributed by atoms with E-state index in [4.69, 9.17) is 8.92 Å². The maximum Gasteiger partial charge on any atom is 0.336 e. The predicted octanol–water partition coefficient (Wildman–Crippen LogP) is 1.46. The van der Waals surface area contributed by atoms with Crippen LogP contribution in [0.15, 0.2) is 0 Å². The smallest absolute Gasteiger partial charge is 0.336 e. The quantitative estimate of drug-likeness (QED) is 0.174. The van der Waals surface area contributed by atoms with Gasteiger partial charge in [0.1, 0.15) is 0 Å². The first-order valence-electron chi connectivity index (χ1n) is 10.4. The fraction of sp³-hybridized carbons (Fsp3) is 0.850. The van der Waals surface area contributed by atoms with Gasteiger partial charge in [0.25, 0.3) is 10.1 Å². The van der Waals surface area contributed by atoms with Gasteiger partial charge < -0.3 is 20.3 Å². The van der Waals surface area contributed by atoms with E-state index < -0.39 is 33.7 Å². The minimum absolute atomic E-state index is 0.112. The van der Waals surface area contributed by atoms with Crippen molar-refractivity contribution < 1.29 is 41.9 Å². The van der Waals surface area contributed by atoms with Crippen LogP contribution < -0.4 is 5.32 Å². The second kappa shape index (κ2) is 13.0. The molecule has 0 aliphatic carbocycles. The van der Waals surface area contributed by atoms with Crippen molar-refractivity contribution in [1.82, 2.24) is 5.32 Å². The average Bonchev–Trinajstić information content (AvgIpc) is 2.62. The van der Waals surface area contributed by atoms with Crippen LogP contribution in [-0.4, -0.2) is 67.6 Å². The van der Waals surface area contributed by atoms with Gasteiger partial charge >= 0.3 is 11.9 Å². The van der Waals surface area contributed by atoms with Crippen molar-refractivity contribution in [1.29, 1.82) is 0 Å². The second-order valence-electron chi connectivity index (χ2n) is 8.69. The summed E-state index contributed by atoms with van der Waals surface area (Å²) in [5.74, 6) is -2.27. The number of ether oxygens (including phenoxy) is 1. The number of carbonyl (C=O) groups is 3. The van der Waals surface area contributed by atoms with Crippen molar-refractivity contribution in [2.75, 3.05) is 25.5 Å². The number of hydrogen-bond acceptors (Lipinski definition) is 8. The van der Waals surface area contributed by atoms with E-state index in [1.807, 2.05) is 13.8 Å². The van der Waals surface area contributed by atoms with Gasteiger partial charge in [-0.05, 0) is 31.6 Å². The molecule has 1 atom stereocenters. The van der Waals surface area contributed by atoms with Crippen LogP contribution in [0.25, 0.3) is 0 Å². The molecular formula is C20H37NO9S. The number of amides is 1. The molecule has 0 bridgehead atoms. The molecule has 0 aromatic rings. The van der Waals surface area contributed by atoms with Crippen LogP contribution >= 0.6 is 0 Å². The number of carboxylic acid groups (broad SMARTS) is 1. The number of rotatable bonds is 16. The molecule has 3 N–H and O–H groups in total. The van der Waals surface area contributed by atoms with E-state index in [0.29, 0.717) is 12.8 Å². The van der Waals surface area contributed by atoms with Crippen LogP contribution in [0.2, 0.25) is 0 Å². The van der Waals surface area contributed by atoms with Crippen LogP contribution in [0.5, 0.6) is 0 Å². The van der Waals surface area contributed by atoms with Crippen molar-refractivity contribution >= 4 is 28.0 Å². The minimum Gasteiger partial charge on any atom is -0.479 e. The molecule has 0 radical (unpaired) electrons. The molecule has 0 fully saturated rings. The summed E-state index contributed by atoms with van der Waals surface area (Å²) in [6.45, 7) is 7.68. The van der Waals surface area contributed by atoms with Crippen LogP contribution in [0.3, 0.4) is 0 Å².